The highest BCUT2D eigenvalue weighted by Crippen LogP contribution is 2.36. The maximum absolute atomic E-state index is 13.2. The molecule has 0 saturated carbocycles. The Hall–Kier alpha value is -3.55. The van der Waals surface area contributed by atoms with Crippen molar-refractivity contribution < 1.29 is 33.9 Å². The third-order valence-corrected chi connectivity index (χ3v) is 5.63. The van der Waals surface area contributed by atoms with Gasteiger partial charge >= 0.3 is 12.4 Å². The number of hydrogen-bond donors (Lipinski definition) is 2. The molecule has 8 nitrogen and oxygen atoms in total. The fourth-order valence-corrected chi connectivity index (χ4v) is 4.08. The third kappa shape index (κ3) is 5.11. The van der Waals surface area contributed by atoms with E-state index in [1.165, 1.54) is 12.1 Å². The molecule has 2 fully saturated rings. The number of halogens is 6. The van der Waals surface area contributed by atoms with Crippen molar-refractivity contribution >= 4 is 17.6 Å². The molecule has 5 heterocycles. The normalized spacial score (nSPS) is 21.8. The van der Waals surface area contributed by atoms with Crippen molar-refractivity contribution in [2.24, 2.45) is 0 Å². The zero-order valence-corrected chi connectivity index (χ0v) is 17.7. The van der Waals surface area contributed by atoms with E-state index in [-0.39, 0.29) is 50.2 Å². The lowest BCUT2D eigenvalue weighted by atomic mass is 9.96. The van der Waals surface area contributed by atoms with Crippen LogP contribution in [0.2, 0.25) is 0 Å². The molecule has 0 amide bonds. The largest absolute Gasteiger partial charge is 0.433 e. The standard InChI is InChI=1S/C21H17F6N7O.2H2/c22-20(23,24)15-3-1-2-12(30-15)17-32-18(29-10-6-7-28-16(8-10)21(25,26)27)34-19(33-17)31-13-9-11-4-5-14(13)35-11;;/h1-3,6-8,11,13-14H,4-5,9H2,(H2,28,29,31,32,33,34);2*1H. The summed E-state index contributed by atoms with van der Waals surface area (Å²) in [6.45, 7) is 0. The zero-order chi connectivity index (χ0) is 24.8. The lowest BCUT2D eigenvalue weighted by Gasteiger charge is -2.20. The van der Waals surface area contributed by atoms with Gasteiger partial charge in [0.1, 0.15) is 17.1 Å². The molecule has 2 bridgehead atoms. The van der Waals surface area contributed by atoms with Gasteiger partial charge in [0, 0.05) is 14.7 Å². The molecule has 3 aromatic heterocycles. The lowest BCUT2D eigenvalue weighted by Crippen LogP contribution is -2.31. The summed E-state index contributed by atoms with van der Waals surface area (Å²) in [5.41, 5.74) is -2.46. The summed E-state index contributed by atoms with van der Waals surface area (Å²) in [6.07, 6.45) is -5.84. The number of pyridine rings is 2. The van der Waals surface area contributed by atoms with Gasteiger partial charge in [-0.3, -0.25) is 4.98 Å². The van der Waals surface area contributed by atoms with Crippen LogP contribution < -0.4 is 10.6 Å². The number of aromatic nitrogens is 5. The second-order valence-electron chi connectivity index (χ2n) is 8.12. The Morgan fingerprint density at radius 2 is 1.66 bits per heavy atom. The maximum Gasteiger partial charge on any atom is 0.433 e. The van der Waals surface area contributed by atoms with Crippen LogP contribution in [0.25, 0.3) is 11.5 Å². The van der Waals surface area contributed by atoms with Gasteiger partial charge in [0.15, 0.2) is 5.82 Å². The smallest absolute Gasteiger partial charge is 0.373 e. The third-order valence-electron chi connectivity index (χ3n) is 5.63. The molecule has 5 rings (SSSR count). The van der Waals surface area contributed by atoms with Gasteiger partial charge in [0.05, 0.1) is 18.2 Å². The van der Waals surface area contributed by atoms with Gasteiger partial charge in [-0.25, -0.2) is 4.98 Å². The van der Waals surface area contributed by atoms with E-state index in [9.17, 15) is 26.3 Å². The summed E-state index contributed by atoms with van der Waals surface area (Å²) in [6, 6.07) is 5.19. The van der Waals surface area contributed by atoms with Gasteiger partial charge in [0.2, 0.25) is 11.9 Å². The van der Waals surface area contributed by atoms with Gasteiger partial charge in [-0.1, -0.05) is 6.07 Å². The summed E-state index contributed by atoms with van der Waals surface area (Å²) in [5, 5.41) is 5.77. The van der Waals surface area contributed by atoms with Gasteiger partial charge in [-0.05, 0) is 43.5 Å². The molecule has 2 saturated heterocycles. The molecule has 3 atom stereocenters. The predicted molar refractivity (Wildman–Crippen MR) is 115 cm³/mol. The molecule has 14 heteroatoms. The lowest BCUT2D eigenvalue weighted by molar-refractivity contribution is -0.141. The van der Waals surface area contributed by atoms with Gasteiger partial charge in [-0.2, -0.15) is 41.3 Å². The van der Waals surface area contributed by atoms with Crippen molar-refractivity contribution in [3.63, 3.8) is 0 Å². The van der Waals surface area contributed by atoms with E-state index in [4.69, 9.17) is 4.74 Å². The van der Waals surface area contributed by atoms with Crippen molar-refractivity contribution in [3.8, 4) is 11.5 Å². The topological polar surface area (TPSA) is 97.7 Å². The van der Waals surface area contributed by atoms with Gasteiger partial charge in [-0.15, -0.1) is 0 Å². The van der Waals surface area contributed by atoms with Crippen LogP contribution in [-0.2, 0) is 17.1 Å². The summed E-state index contributed by atoms with van der Waals surface area (Å²) in [7, 11) is 0. The van der Waals surface area contributed by atoms with Crippen LogP contribution in [0.1, 0.15) is 33.5 Å². The highest BCUT2D eigenvalue weighted by molar-refractivity contribution is 5.59. The SMILES string of the molecule is FC(F)(F)c1cc(Nc2nc(NC3CC4CCC3O4)nc(-c3cccc(C(F)(F)F)n3)n2)ccn1.[HH].[HH]. The molecule has 35 heavy (non-hydrogen) atoms. The molecule has 3 aromatic rings. The quantitative estimate of drug-likeness (QED) is 0.453. The van der Waals surface area contributed by atoms with Crippen molar-refractivity contribution in [3.05, 3.63) is 47.9 Å². The van der Waals surface area contributed by atoms with Crippen molar-refractivity contribution in [1.82, 2.24) is 24.9 Å². The monoisotopic (exact) mass is 501 g/mol. The van der Waals surface area contributed by atoms with E-state index < -0.39 is 23.7 Å². The van der Waals surface area contributed by atoms with Gasteiger partial charge < -0.3 is 15.4 Å². The number of anilines is 3. The van der Waals surface area contributed by atoms with E-state index in [2.05, 4.69) is 35.6 Å². The van der Waals surface area contributed by atoms with E-state index in [0.717, 1.165) is 37.2 Å². The Labute approximate surface area is 197 Å². The highest BCUT2D eigenvalue weighted by atomic mass is 19.4. The Morgan fingerprint density at radius 1 is 0.886 bits per heavy atom. The van der Waals surface area contributed by atoms with Crippen LogP contribution in [0.4, 0.5) is 43.9 Å². The first-order valence-corrected chi connectivity index (χ1v) is 10.6. The molecule has 0 spiro atoms. The van der Waals surface area contributed by atoms with Crippen LogP contribution in [0.3, 0.4) is 0 Å². The molecule has 2 aliphatic heterocycles. The first kappa shape index (κ1) is 23.2. The predicted octanol–water partition coefficient (Wildman–Crippen LogP) is 5.33. The minimum atomic E-state index is -4.68. The minimum Gasteiger partial charge on any atom is -0.373 e. The van der Waals surface area contributed by atoms with Crippen LogP contribution in [0.5, 0.6) is 0 Å². The van der Waals surface area contributed by atoms with Crippen LogP contribution >= 0.6 is 0 Å². The van der Waals surface area contributed by atoms with Crippen molar-refractivity contribution in [2.75, 3.05) is 10.6 Å². The summed E-state index contributed by atoms with van der Waals surface area (Å²) in [5.74, 6) is -0.339. The molecule has 0 aliphatic carbocycles. The van der Waals surface area contributed by atoms with E-state index >= 15 is 0 Å². The van der Waals surface area contributed by atoms with E-state index in [0.29, 0.717) is 6.42 Å². The fraction of sp³-hybridized carbons (Fsp3) is 0.381. The number of ether oxygens (including phenoxy) is 1. The van der Waals surface area contributed by atoms with E-state index in [1.807, 2.05) is 0 Å². The molecule has 3 unspecified atom stereocenters. The van der Waals surface area contributed by atoms with Crippen molar-refractivity contribution in [2.45, 2.75) is 49.9 Å². The number of hydrogen-bond acceptors (Lipinski definition) is 8. The number of rotatable bonds is 5. The second-order valence-corrected chi connectivity index (χ2v) is 8.12. The Kier molecular flexibility index (Phi) is 5.69. The molecule has 0 radical (unpaired) electrons. The fourth-order valence-electron chi connectivity index (χ4n) is 4.08. The second kappa shape index (κ2) is 8.59. The first-order valence-electron chi connectivity index (χ1n) is 10.6. The molecular formula is C21H21F6N7O. The molecule has 2 aliphatic rings. The maximum atomic E-state index is 13.2. The number of nitrogens with zero attached hydrogens (tertiary/aromatic N) is 5. The number of nitrogens with one attached hydrogen (secondary N) is 2. The number of alkyl halides is 6. The highest BCUT2D eigenvalue weighted by Gasteiger charge is 2.41. The van der Waals surface area contributed by atoms with Crippen LogP contribution in [0, 0.1) is 0 Å². The summed E-state index contributed by atoms with van der Waals surface area (Å²) < 4.78 is 84.4. The van der Waals surface area contributed by atoms with Crippen molar-refractivity contribution in [1.29, 1.82) is 0 Å². The average Bonchev–Trinajstić information content (AvgIpc) is 3.41. The van der Waals surface area contributed by atoms with Crippen LogP contribution in [-0.4, -0.2) is 43.2 Å². The summed E-state index contributed by atoms with van der Waals surface area (Å²) in [4.78, 5) is 19.4. The Balaban J connectivity index is 0.00000190. The number of fused-ring (bicyclic) bond motifs is 2. The average molecular weight is 501 g/mol. The minimum absolute atomic E-state index is 0. The zero-order valence-electron chi connectivity index (χ0n) is 17.7. The molecular weight excluding hydrogens is 480 g/mol. The summed E-state index contributed by atoms with van der Waals surface area (Å²) >= 11 is 0. The van der Waals surface area contributed by atoms with E-state index in [1.54, 1.807) is 0 Å². The van der Waals surface area contributed by atoms with Gasteiger partial charge in [0.25, 0.3) is 0 Å². The molecule has 0 aromatic carbocycles. The Bertz CT molecular complexity index is 1250. The Morgan fingerprint density at radius 3 is 2.34 bits per heavy atom. The molecule has 2 N–H and O–H groups in total. The first-order chi connectivity index (χ1) is 16.5. The van der Waals surface area contributed by atoms with Crippen LogP contribution in [0.15, 0.2) is 36.5 Å². The molecule has 188 valence electrons.